The minimum absolute atomic E-state index is 0.0443. The summed E-state index contributed by atoms with van der Waals surface area (Å²) in [6, 6.07) is 8.29. The summed E-state index contributed by atoms with van der Waals surface area (Å²) in [6.45, 7) is 1.88. The normalized spacial score (nSPS) is 10.1. The van der Waals surface area contributed by atoms with Crippen LogP contribution in [0.1, 0.15) is 15.4 Å². The molecule has 0 aliphatic heterocycles. The molecule has 5 heteroatoms. The number of phenolic OH excluding ortho intramolecular Hbond substituents is 1. The van der Waals surface area contributed by atoms with E-state index in [1.165, 1.54) is 17.6 Å². The maximum atomic E-state index is 11.7. The summed E-state index contributed by atoms with van der Waals surface area (Å²) in [5.41, 5.74) is 0.754. The average Bonchev–Trinajstić information content (AvgIpc) is 2.68. The summed E-state index contributed by atoms with van der Waals surface area (Å²) in [6.07, 6.45) is 0. The molecule has 2 rings (SSSR count). The fraction of sp³-hybridized carbons (Fsp3) is 0.0909. The van der Waals surface area contributed by atoms with Crippen LogP contribution in [0.15, 0.2) is 30.3 Å². The van der Waals surface area contributed by atoms with Crippen molar-refractivity contribution in [3.63, 3.8) is 0 Å². The first-order chi connectivity index (χ1) is 7.66. The molecular weight excluding hydrogens is 224 g/mol. The zero-order chi connectivity index (χ0) is 11.5. The molecule has 0 aliphatic rings. The fourth-order valence-electron chi connectivity index (χ4n) is 1.24. The van der Waals surface area contributed by atoms with Crippen LogP contribution < -0.4 is 5.32 Å². The highest BCUT2D eigenvalue weighted by Gasteiger charge is 2.11. The number of phenols is 1. The summed E-state index contributed by atoms with van der Waals surface area (Å²) in [5.74, 6) is -0.270. The van der Waals surface area contributed by atoms with Gasteiger partial charge in [0.1, 0.15) is 11.4 Å². The molecule has 4 nitrogen and oxygen atoms in total. The van der Waals surface area contributed by atoms with Gasteiger partial charge in [-0.25, -0.2) is 0 Å². The van der Waals surface area contributed by atoms with E-state index in [0.717, 1.165) is 4.88 Å². The number of aryl methyl sites for hydroxylation is 1. The average molecular weight is 234 g/mol. The lowest BCUT2D eigenvalue weighted by molar-refractivity contribution is 0.102. The van der Waals surface area contributed by atoms with Crippen molar-refractivity contribution < 1.29 is 9.90 Å². The molecule has 2 aromatic rings. The van der Waals surface area contributed by atoms with Gasteiger partial charge in [-0.3, -0.25) is 4.79 Å². The second-order valence-corrected chi connectivity index (χ2v) is 4.30. The highest BCUT2D eigenvalue weighted by Crippen LogP contribution is 2.22. The van der Waals surface area contributed by atoms with Gasteiger partial charge in [-0.2, -0.15) is 4.37 Å². The number of nitrogens with zero attached hydrogens (tertiary/aromatic N) is 1. The number of carbonyl (C=O) groups is 1. The zero-order valence-corrected chi connectivity index (χ0v) is 9.41. The number of aromatic hydroxyl groups is 1. The second kappa shape index (κ2) is 4.32. The monoisotopic (exact) mass is 234 g/mol. The predicted molar refractivity (Wildman–Crippen MR) is 62.9 cm³/mol. The number of hydrogen-bond donors (Lipinski definition) is 2. The highest BCUT2D eigenvalue weighted by molar-refractivity contribution is 7.05. The minimum atomic E-state index is -0.314. The molecule has 0 atom stereocenters. The van der Waals surface area contributed by atoms with Crippen molar-refractivity contribution >= 4 is 23.1 Å². The lowest BCUT2D eigenvalue weighted by atomic mass is 10.3. The summed E-state index contributed by atoms with van der Waals surface area (Å²) >= 11 is 1.27. The van der Waals surface area contributed by atoms with Gasteiger partial charge in [-0.15, -0.1) is 0 Å². The molecular formula is C11H10N2O2S. The Bertz CT molecular complexity index is 522. The molecule has 1 amide bonds. The van der Waals surface area contributed by atoms with Gasteiger partial charge < -0.3 is 10.4 Å². The zero-order valence-electron chi connectivity index (χ0n) is 8.60. The van der Waals surface area contributed by atoms with Gasteiger partial charge in [0.25, 0.3) is 5.91 Å². The summed E-state index contributed by atoms with van der Waals surface area (Å²) in [4.78, 5) is 12.7. The van der Waals surface area contributed by atoms with Crippen LogP contribution in [0.25, 0.3) is 0 Å². The Balaban J connectivity index is 2.17. The van der Waals surface area contributed by atoms with Crippen LogP contribution in [0.4, 0.5) is 5.69 Å². The largest absolute Gasteiger partial charge is 0.506 e. The van der Waals surface area contributed by atoms with Crippen molar-refractivity contribution in [3.05, 3.63) is 40.9 Å². The Labute approximate surface area is 96.7 Å². The van der Waals surface area contributed by atoms with E-state index < -0.39 is 0 Å². The Kier molecular flexibility index (Phi) is 2.87. The maximum Gasteiger partial charge on any atom is 0.275 e. The van der Waals surface area contributed by atoms with Crippen LogP contribution in [-0.2, 0) is 0 Å². The molecule has 0 bridgehead atoms. The van der Waals surface area contributed by atoms with Crippen LogP contribution in [0.3, 0.4) is 0 Å². The third kappa shape index (κ3) is 2.20. The van der Waals surface area contributed by atoms with E-state index >= 15 is 0 Å². The molecule has 16 heavy (non-hydrogen) atoms. The Morgan fingerprint density at radius 2 is 2.19 bits per heavy atom. The number of nitrogens with one attached hydrogen (secondary N) is 1. The molecule has 82 valence electrons. The van der Waals surface area contributed by atoms with E-state index in [0.29, 0.717) is 11.4 Å². The number of para-hydroxylation sites is 2. The van der Waals surface area contributed by atoms with Gasteiger partial charge in [-0.05, 0) is 36.7 Å². The number of anilines is 1. The number of carbonyl (C=O) groups excluding carboxylic acids is 1. The first-order valence-corrected chi connectivity index (χ1v) is 5.47. The molecule has 0 radical (unpaired) electrons. The third-order valence-electron chi connectivity index (χ3n) is 2.01. The third-order valence-corrected chi connectivity index (χ3v) is 2.71. The van der Waals surface area contributed by atoms with Crippen molar-refractivity contribution in [3.8, 4) is 5.75 Å². The predicted octanol–water partition coefficient (Wildman–Crippen LogP) is 2.41. The van der Waals surface area contributed by atoms with Crippen LogP contribution in [-0.4, -0.2) is 15.4 Å². The van der Waals surface area contributed by atoms with Crippen LogP contribution >= 0.6 is 11.5 Å². The van der Waals surface area contributed by atoms with E-state index in [-0.39, 0.29) is 11.7 Å². The quantitative estimate of drug-likeness (QED) is 0.784. The topological polar surface area (TPSA) is 62.2 Å². The Morgan fingerprint density at radius 1 is 1.44 bits per heavy atom. The van der Waals surface area contributed by atoms with E-state index in [9.17, 15) is 9.90 Å². The van der Waals surface area contributed by atoms with Gasteiger partial charge in [0.15, 0.2) is 0 Å². The molecule has 1 aromatic carbocycles. The SMILES string of the molecule is Cc1cc(C(=O)Nc2ccccc2O)ns1. The second-order valence-electron chi connectivity index (χ2n) is 3.29. The molecule has 0 fully saturated rings. The van der Waals surface area contributed by atoms with Crippen molar-refractivity contribution in [2.75, 3.05) is 5.32 Å². The minimum Gasteiger partial charge on any atom is -0.506 e. The molecule has 1 aromatic heterocycles. The van der Waals surface area contributed by atoms with Crippen LogP contribution in [0.2, 0.25) is 0 Å². The smallest absolute Gasteiger partial charge is 0.275 e. The number of benzene rings is 1. The van der Waals surface area contributed by atoms with Gasteiger partial charge in [-0.1, -0.05) is 12.1 Å². The van der Waals surface area contributed by atoms with E-state index in [4.69, 9.17) is 0 Å². The van der Waals surface area contributed by atoms with Gasteiger partial charge in [0, 0.05) is 4.88 Å². The van der Waals surface area contributed by atoms with E-state index in [2.05, 4.69) is 9.69 Å². The van der Waals surface area contributed by atoms with Crippen molar-refractivity contribution in [2.45, 2.75) is 6.92 Å². The molecule has 1 heterocycles. The molecule has 2 N–H and O–H groups in total. The maximum absolute atomic E-state index is 11.7. The summed E-state index contributed by atoms with van der Waals surface area (Å²) < 4.78 is 3.99. The van der Waals surface area contributed by atoms with Crippen molar-refractivity contribution in [1.82, 2.24) is 4.37 Å². The van der Waals surface area contributed by atoms with Gasteiger partial charge in [0.05, 0.1) is 5.69 Å². The van der Waals surface area contributed by atoms with Crippen LogP contribution in [0, 0.1) is 6.92 Å². The van der Waals surface area contributed by atoms with Crippen LogP contribution in [0.5, 0.6) is 5.75 Å². The number of amides is 1. The Hall–Kier alpha value is -1.88. The number of aromatic nitrogens is 1. The van der Waals surface area contributed by atoms with E-state index in [1.807, 2.05) is 6.92 Å². The van der Waals surface area contributed by atoms with Crippen molar-refractivity contribution in [2.24, 2.45) is 0 Å². The standard InChI is InChI=1S/C11H10N2O2S/c1-7-6-9(13-16-7)11(15)12-8-4-2-3-5-10(8)14/h2-6,14H,1H3,(H,12,15). The summed E-state index contributed by atoms with van der Waals surface area (Å²) in [5, 5.41) is 12.1. The molecule has 0 aliphatic carbocycles. The van der Waals surface area contributed by atoms with Gasteiger partial charge in [0.2, 0.25) is 0 Å². The first-order valence-electron chi connectivity index (χ1n) is 4.69. The fourth-order valence-corrected chi connectivity index (χ4v) is 1.78. The Morgan fingerprint density at radius 3 is 2.81 bits per heavy atom. The molecule has 0 saturated carbocycles. The van der Waals surface area contributed by atoms with Crippen molar-refractivity contribution in [1.29, 1.82) is 0 Å². The lowest BCUT2D eigenvalue weighted by Gasteiger charge is -2.04. The molecule has 0 saturated heterocycles. The molecule has 0 spiro atoms. The number of rotatable bonds is 2. The molecule has 0 unspecified atom stereocenters. The number of hydrogen-bond acceptors (Lipinski definition) is 4. The summed E-state index contributed by atoms with van der Waals surface area (Å²) in [7, 11) is 0. The lowest BCUT2D eigenvalue weighted by Crippen LogP contribution is -2.12. The van der Waals surface area contributed by atoms with Gasteiger partial charge >= 0.3 is 0 Å². The highest BCUT2D eigenvalue weighted by atomic mass is 32.1. The van der Waals surface area contributed by atoms with E-state index in [1.54, 1.807) is 24.3 Å². The first kappa shape index (κ1) is 10.6.